The molecule has 0 aliphatic carbocycles. The van der Waals surface area contributed by atoms with E-state index in [1.165, 1.54) is 0 Å². The van der Waals surface area contributed by atoms with E-state index in [0.717, 1.165) is 17.0 Å². The average Bonchev–Trinajstić information content (AvgIpc) is 2.09. The highest BCUT2D eigenvalue weighted by Gasteiger charge is 2.01. The van der Waals surface area contributed by atoms with Gasteiger partial charge in [-0.05, 0) is 25.1 Å². The molecule has 1 rings (SSSR count). The van der Waals surface area contributed by atoms with Crippen LogP contribution in [0.4, 0.5) is 0 Å². The quantitative estimate of drug-likeness (QED) is 0.664. The maximum Gasteiger partial charge on any atom is 0.0960 e. The number of rotatable bonds is 2. The van der Waals surface area contributed by atoms with Gasteiger partial charge < -0.3 is 0 Å². The zero-order valence-electron chi connectivity index (χ0n) is 7.28. The van der Waals surface area contributed by atoms with Crippen molar-refractivity contribution in [3.05, 3.63) is 29.6 Å². The topological polar surface area (TPSA) is 38.7 Å². The lowest BCUT2D eigenvalue weighted by Crippen LogP contribution is -1.98. The molecule has 0 saturated carbocycles. The van der Waals surface area contributed by atoms with E-state index < -0.39 is 0 Å². The second kappa shape index (κ2) is 3.76. The van der Waals surface area contributed by atoms with Gasteiger partial charge in [-0.15, -0.1) is 10.2 Å². The summed E-state index contributed by atoms with van der Waals surface area (Å²) in [7, 11) is 0. The molecule has 0 amide bonds. The van der Waals surface area contributed by atoms with Gasteiger partial charge in [0, 0.05) is 5.56 Å². The Balaban J connectivity index is 3.28. The molecule has 0 radical (unpaired) electrons. The van der Waals surface area contributed by atoms with Crippen molar-refractivity contribution in [3.63, 3.8) is 0 Å². The van der Waals surface area contributed by atoms with E-state index in [0.29, 0.717) is 0 Å². The lowest BCUT2D eigenvalue weighted by Gasteiger charge is -1.99. The number of aromatic nitrogens is 3. The minimum absolute atomic E-state index is 0.778. The standard InChI is InChI=1S/C9H11N3/c1-4-6-8-7(3)10-12-11-9(8)5-2/h4-6H,2H2,1,3H3/b6-4-. The monoisotopic (exact) mass is 161 g/mol. The predicted octanol–water partition coefficient (Wildman–Crippen LogP) is 1.86. The van der Waals surface area contributed by atoms with Crippen molar-refractivity contribution in [2.75, 3.05) is 0 Å². The molecule has 3 heteroatoms. The van der Waals surface area contributed by atoms with Crippen LogP contribution < -0.4 is 0 Å². The zero-order valence-corrected chi connectivity index (χ0v) is 7.28. The number of hydrogen-bond acceptors (Lipinski definition) is 3. The minimum atomic E-state index is 0.778. The molecule has 0 aliphatic rings. The smallest absolute Gasteiger partial charge is 0.0960 e. The van der Waals surface area contributed by atoms with Crippen LogP contribution in [0.15, 0.2) is 12.7 Å². The highest BCUT2D eigenvalue weighted by atomic mass is 15.3. The van der Waals surface area contributed by atoms with Gasteiger partial charge in [-0.2, -0.15) is 0 Å². The van der Waals surface area contributed by atoms with Gasteiger partial charge in [0.05, 0.1) is 11.4 Å². The van der Waals surface area contributed by atoms with Gasteiger partial charge in [0.25, 0.3) is 0 Å². The van der Waals surface area contributed by atoms with Crippen LogP contribution in [-0.2, 0) is 0 Å². The van der Waals surface area contributed by atoms with Crippen molar-refractivity contribution < 1.29 is 0 Å². The summed E-state index contributed by atoms with van der Waals surface area (Å²) in [5.41, 5.74) is 2.64. The molecule has 0 unspecified atom stereocenters. The van der Waals surface area contributed by atoms with E-state index in [9.17, 15) is 0 Å². The maximum atomic E-state index is 3.85. The summed E-state index contributed by atoms with van der Waals surface area (Å²) in [5.74, 6) is 0. The van der Waals surface area contributed by atoms with Crippen LogP contribution in [0.3, 0.4) is 0 Å². The van der Waals surface area contributed by atoms with Crippen molar-refractivity contribution in [3.8, 4) is 0 Å². The second-order valence-electron chi connectivity index (χ2n) is 2.38. The second-order valence-corrected chi connectivity index (χ2v) is 2.38. The van der Waals surface area contributed by atoms with E-state index in [2.05, 4.69) is 22.0 Å². The Morgan fingerprint density at radius 2 is 2.08 bits per heavy atom. The fraction of sp³-hybridized carbons (Fsp3) is 0.222. The first-order valence-electron chi connectivity index (χ1n) is 3.74. The van der Waals surface area contributed by atoms with Crippen LogP contribution in [0.1, 0.15) is 23.9 Å². The molecule has 0 aromatic carbocycles. The minimum Gasteiger partial charge on any atom is -0.135 e. The number of aryl methyl sites for hydroxylation is 1. The Bertz CT molecular complexity index is 316. The van der Waals surface area contributed by atoms with Crippen LogP contribution in [0.2, 0.25) is 0 Å². The Hall–Kier alpha value is -1.51. The lowest BCUT2D eigenvalue weighted by atomic mass is 10.1. The fourth-order valence-electron chi connectivity index (χ4n) is 0.954. The molecule has 0 fully saturated rings. The van der Waals surface area contributed by atoms with Gasteiger partial charge in [-0.1, -0.05) is 18.7 Å². The molecule has 62 valence electrons. The van der Waals surface area contributed by atoms with Crippen molar-refractivity contribution >= 4 is 12.2 Å². The van der Waals surface area contributed by atoms with Crippen molar-refractivity contribution in [2.45, 2.75) is 13.8 Å². The molecular formula is C9H11N3. The third-order valence-corrected chi connectivity index (χ3v) is 1.54. The molecule has 12 heavy (non-hydrogen) atoms. The fourth-order valence-corrected chi connectivity index (χ4v) is 0.954. The van der Waals surface area contributed by atoms with Gasteiger partial charge in [-0.25, -0.2) is 0 Å². The van der Waals surface area contributed by atoms with Crippen molar-refractivity contribution in [1.29, 1.82) is 0 Å². The van der Waals surface area contributed by atoms with E-state index >= 15 is 0 Å². The molecule has 1 heterocycles. The summed E-state index contributed by atoms with van der Waals surface area (Å²) in [6.07, 6.45) is 5.57. The third kappa shape index (κ3) is 1.56. The van der Waals surface area contributed by atoms with Gasteiger partial charge in [0.1, 0.15) is 0 Å². The van der Waals surface area contributed by atoms with Crippen LogP contribution in [0.25, 0.3) is 12.2 Å². The van der Waals surface area contributed by atoms with Crippen LogP contribution in [0.5, 0.6) is 0 Å². The summed E-state index contributed by atoms with van der Waals surface area (Å²) in [6, 6.07) is 0. The van der Waals surface area contributed by atoms with Gasteiger partial charge in [0.15, 0.2) is 0 Å². The third-order valence-electron chi connectivity index (χ3n) is 1.54. The molecule has 0 aliphatic heterocycles. The van der Waals surface area contributed by atoms with E-state index in [1.54, 1.807) is 6.08 Å². The van der Waals surface area contributed by atoms with Crippen molar-refractivity contribution in [1.82, 2.24) is 15.4 Å². The molecule has 0 bridgehead atoms. The summed E-state index contributed by atoms with van der Waals surface area (Å²) in [5, 5.41) is 11.3. The first-order chi connectivity index (χ1) is 5.79. The Kier molecular flexibility index (Phi) is 2.69. The Morgan fingerprint density at radius 3 is 2.67 bits per heavy atom. The number of hydrogen-bond donors (Lipinski definition) is 0. The van der Waals surface area contributed by atoms with E-state index in [1.807, 2.05) is 26.0 Å². The molecule has 1 aromatic heterocycles. The van der Waals surface area contributed by atoms with E-state index in [-0.39, 0.29) is 0 Å². The van der Waals surface area contributed by atoms with Gasteiger partial charge in [0.2, 0.25) is 0 Å². The molecule has 0 atom stereocenters. The first-order valence-corrected chi connectivity index (χ1v) is 3.74. The highest BCUT2D eigenvalue weighted by molar-refractivity contribution is 5.62. The van der Waals surface area contributed by atoms with Gasteiger partial charge >= 0.3 is 0 Å². The number of allylic oxidation sites excluding steroid dienone is 1. The summed E-state index contributed by atoms with van der Waals surface area (Å²) >= 11 is 0. The predicted molar refractivity (Wildman–Crippen MR) is 49.4 cm³/mol. The average molecular weight is 161 g/mol. The number of nitrogens with zero attached hydrogens (tertiary/aromatic N) is 3. The molecule has 1 aromatic rings. The maximum absolute atomic E-state index is 3.85. The molecular weight excluding hydrogens is 150 g/mol. The first kappa shape index (κ1) is 8.59. The molecule has 0 saturated heterocycles. The zero-order chi connectivity index (χ0) is 8.97. The molecule has 3 nitrogen and oxygen atoms in total. The lowest BCUT2D eigenvalue weighted by molar-refractivity contribution is 0.829. The van der Waals surface area contributed by atoms with Crippen LogP contribution >= 0.6 is 0 Å². The Morgan fingerprint density at radius 1 is 1.33 bits per heavy atom. The Labute approximate surface area is 71.8 Å². The molecule has 0 spiro atoms. The summed E-state index contributed by atoms with van der Waals surface area (Å²) in [4.78, 5) is 0. The normalized spacial score (nSPS) is 10.5. The van der Waals surface area contributed by atoms with Crippen LogP contribution in [0, 0.1) is 6.92 Å². The molecule has 0 N–H and O–H groups in total. The van der Waals surface area contributed by atoms with E-state index in [4.69, 9.17) is 0 Å². The van der Waals surface area contributed by atoms with Crippen molar-refractivity contribution in [2.24, 2.45) is 0 Å². The SMILES string of the molecule is C=Cc1nnnc(C)c1/C=C\C. The highest BCUT2D eigenvalue weighted by Crippen LogP contribution is 2.10. The summed E-state index contributed by atoms with van der Waals surface area (Å²) < 4.78 is 0. The van der Waals surface area contributed by atoms with Crippen LogP contribution in [-0.4, -0.2) is 15.4 Å². The summed E-state index contributed by atoms with van der Waals surface area (Å²) in [6.45, 7) is 7.50. The largest absolute Gasteiger partial charge is 0.135 e. The van der Waals surface area contributed by atoms with Gasteiger partial charge in [-0.3, -0.25) is 0 Å².